The number of benzene rings is 1. The van der Waals surface area contributed by atoms with Gasteiger partial charge in [-0.05, 0) is 36.9 Å². The molecule has 3 aliphatic rings. The summed E-state index contributed by atoms with van der Waals surface area (Å²) in [5, 5.41) is 4.89. The number of ether oxygens (including phenoxy) is 1. The van der Waals surface area contributed by atoms with E-state index >= 15 is 0 Å². The predicted octanol–water partition coefficient (Wildman–Crippen LogP) is 3.98. The van der Waals surface area contributed by atoms with Gasteiger partial charge in [-0.1, -0.05) is 11.6 Å². The van der Waals surface area contributed by atoms with Crippen LogP contribution in [-0.4, -0.2) is 73.3 Å². The van der Waals surface area contributed by atoms with Crippen molar-refractivity contribution in [2.45, 2.75) is 31.5 Å². The predicted molar refractivity (Wildman–Crippen MR) is 121 cm³/mol. The zero-order chi connectivity index (χ0) is 23.3. The standard InChI is InChI=1S/C23H26ClF3N4O2/c1-23(12-33-11-19(23)25)31-4-2-30(3-5-31)18-7-13-8-20(28-10-14(13)6-17(18)24)29-22(32)16-9-15(16)21(26)27/h6-8,10,15-16,19,21H,2-5,9,11-12H2,1H3,(H,28,29,32). The fraction of sp³-hybridized carbons (Fsp3) is 0.565. The summed E-state index contributed by atoms with van der Waals surface area (Å²) in [5.41, 5.74) is 0.264. The summed E-state index contributed by atoms with van der Waals surface area (Å²) in [4.78, 5) is 20.8. The van der Waals surface area contributed by atoms with E-state index in [4.69, 9.17) is 16.3 Å². The Labute approximate surface area is 195 Å². The minimum Gasteiger partial charge on any atom is -0.376 e. The number of rotatable bonds is 5. The highest BCUT2D eigenvalue weighted by Gasteiger charge is 2.49. The molecule has 0 radical (unpaired) electrons. The van der Waals surface area contributed by atoms with Crippen LogP contribution in [0.15, 0.2) is 24.4 Å². The number of pyridine rings is 1. The molecule has 5 rings (SSSR count). The summed E-state index contributed by atoms with van der Waals surface area (Å²) in [6.45, 7) is 5.22. The number of anilines is 2. The van der Waals surface area contributed by atoms with Gasteiger partial charge in [-0.15, -0.1) is 0 Å². The zero-order valence-electron chi connectivity index (χ0n) is 18.2. The van der Waals surface area contributed by atoms with Crippen LogP contribution in [0.5, 0.6) is 0 Å². The Kier molecular flexibility index (Phi) is 5.91. The van der Waals surface area contributed by atoms with E-state index in [0.717, 1.165) is 16.5 Å². The van der Waals surface area contributed by atoms with Crippen molar-refractivity contribution in [3.8, 4) is 0 Å². The van der Waals surface area contributed by atoms with Crippen molar-refractivity contribution in [3.05, 3.63) is 29.4 Å². The molecule has 4 atom stereocenters. The lowest BCUT2D eigenvalue weighted by molar-refractivity contribution is -0.118. The minimum atomic E-state index is -2.48. The molecule has 1 aromatic carbocycles. The average molecular weight is 483 g/mol. The van der Waals surface area contributed by atoms with E-state index in [9.17, 15) is 18.0 Å². The number of carbonyl (C=O) groups excluding carboxylic acids is 1. The number of carbonyl (C=O) groups is 1. The Hall–Kier alpha value is -2.10. The van der Waals surface area contributed by atoms with E-state index in [1.807, 2.05) is 19.1 Å². The molecule has 6 nitrogen and oxygen atoms in total. The van der Waals surface area contributed by atoms with Crippen molar-refractivity contribution in [1.82, 2.24) is 9.88 Å². The molecular formula is C23H26ClF3N4O2. The number of aromatic nitrogens is 1. The molecule has 178 valence electrons. The van der Waals surface area contributed by atoms with E-state index in [0.29, 0.717) is 43.6 Å². The summed E-state index contributed by atoms with van der Waals surface area (Å²) in [5.74, 6) is -1.61. The second-order valence-electron chi connectivity index (χ2n) is 9.36. The van der Waals surface area contributed by atoms with E-state index in [2.05, 4.69) is 20.1 Å². The molecule has 33 heavy (non-hydrogen) atoms. The van der Waals surface area contributed by atoms with E-state index in [-0.39, 0.29) is 13.0 Å². The van der Waals surface area contributed by atoms with Crippen LogP contribution >= 0.6 is 11.6 Å². The maximum absolute atomic E-state index is 14.4. The Morgan fingerprint density at radius 1 is 1.24 bits per heavy atom. The first-order valence-electron chi connectivity index (χ1n) is 11.2. The highest BCUT2D eigenvalue weighted by atomic mass is 35.5. The van der Waals surface area contributed by atoms with Crippen molar-refractivity contribution in [1.29, 1.82) is 0 Å². The number of nitrogens with zero attached hydrogens (tertiary/aromatic N) is 3. The van der Waals surface area contributed by atoms with Crippen LogP contribution in [0.3, 0.4) is 0 Å². The van der Waals surface area contributed by atoms with Gasteiger partial charge in [-0.3, -0.25) is 9.69 Å². The molecule has 1 aromatic heterocycles. The Morgan fingerprint density at radius 3 is 2.64 bits per heavy atom. The summed E-state index contributed by atoms with van der Waals surface area (Å²) in [6.07, 6.45) is -1.66. The number of nitrogens with one attached hydrogen (secondary N) is 1. The first-order valence-corrected chi connectivity index (χ1v) is 11.5. The highest BCUT2D eigenvalue weighted by molar-refractivity contribution is 6.34. The van der Waals surface area contributed by atoms with Crippen LogP contribution in [0, 0.1) is 11.8 Å². The third-order valence-corrected chi connectivity index (χ3v) is 7.52. The summed E-state index contributed by atoms with van der Waals surface area (Å²) in [6, 6.07) is 5.50. The number of piperazine rings is 1. The maximum atomic E-state index is 14.4. The molecule has 3 fully saturated rings. The largest absolute Gasteiger partial charge is 0.376 e. The minimum absolute atomic E-state index is 0.143. The van der Waals surface area contributed by atoms with E-state index < -0.39 is 35.9 Å². The van der Waals surface area contributed by atoms with Gasteiger partial charge in [0.1, 0.15) is 12.0 Å². The lowest BCUT2D eigenvalue weighted by Gasteiger charge is -2.44. The SMILES string of the molecule is CC1(N2CCN(c3cc4cc(NC(=O)C5CC5C(F)F)ncc4cc3Cl)CC2)COCC1F. The third-order valence-electron chi connectivity index (χ3n) is 7.21. The number of halogens is 4. The molecule has 2 saturated heterocycles. The van der Waals surface area contributed by atoms with Gasteiger partial charge in [0, 0.05) is 49.6 Å². The summed E-state index contributed by atoms with van der Waals surface area (Å²) >= 11 is 6.57. The lowest BCUT2D eigenvalue weighted by atomic mass is 9.96. The number of fused-ring (bicyclic) bond motifs is 1. The molecule has 10 heteroatoms. The normalized spacial score (nSPS) is 30.2. The van der Waals surface area contributed by atoms with Gasteiger partial charge >= 0.3 is 0 Å². The van der Waals surface area contributed by atoms with Gasteiger partial charge in [0.15, 0.2) is 0 Å². The number of alkyl halides is 3. The van der Waals surface area contributed by atoms with Gasteiger partial charge in [0.05, 0.1) is 29.5 Å². The number of hydrogen-bond acceptors (Lipinski definition) is 5. The zero-order valence-corrected chi connectivity index (χ0v) is 19.0. The molecule has 2 aliphatic heterocycles. The van der Waals surface area contributed by atoms with Gasteiger partial charge < -0.3 is 15.0 Å². The highest BCUT2D eigenvalue weighted by Crippen LogP contribution is 2.44. The average Bonchev–Trinajstić information content (AvgIpc) is 3.54. The first-order chi connectivity index (χ1) is 15.8. The summed E-state index contributed by atoms with van der Waals surface area (Å²) in [7, 11) is 0. The quantitative estimate of drug-likeness (QED) is 0.698. The molecule has 0 spiro atoms. The maximum Gasteiger partial charge on any atom is 0.242 e. The molecular weight excluding hydrogens is 457 g/mol. The monoisotopic (exact) mass is 482 g/mol. The third kappa shape index (κ3) is 4.26. The van der Waals surface area contributed by atoms with Crippen LogP contribution in [-0.2, 0) is 9.53 Å². The first kappa shape index (κ1) is 22.7. The van der Waals surface area contributed by atoms with Crippen LogP contribution < -0.4 is 10.2 Å². The Balaban J connectivity index is 1.30. The second-order valence-corrected chi connectivity index (χ2v) is 9.77. The van der Waals surface area contributed by atoms with E-state index in [1.165, 1.54) is 0 Å². The van der Waals surface area contributed by atoms with Crippen molar-refractivity contribution in [3.63, 3.8) is 0 Å². The second kappa shape index (κ2) is 8.60. The van der Waals surface area contributed by atoms with Gasteiger partial charge in [-0.2, -0.15) is 0 Å². The van der Waals surface area contributed by atoms with Crippen molar-refractivity contribution in [2.24, 2.45) is 11.8 Å². The topological polar surface area (TPSA) is 57.7 Å². The molecule has 1 N–H and O–H groups in total. The molecule has 1 amide bonds. The van der Waals surface area contributed by atoms with Gasteiger partial charge in [0.25, 0.3) is 0 Å². The molecule has 4 unspecified atom stereocenters. The molecule has 3 heterocycles. The van der Waals surface area contributed by atoms with Crippen molar-refractivity contribution >= 4 is 39.8 Å². The van der Waals surface area contributed by atoms with Crippen molar-refractivity contribution < 1.29 is 22.7 Å². The number of hydrogen-bond donors (Lipinski definition) is 1. The molecule has 0 bridgehead atoms. The van der Waals surface area contributed by atoms with Crippen LogP contribution in [0.25, 0.3) is 10.8 Å². The lowest BCUT2D eigenvalue weighted by Crippen LogP contribution is -2.59. The Morgan fingerprint density at radius 2 is 2.00 bits per heavy atom. The van der Waals surface area contributed by atoms with Crippen LogP contribution in [0.4, 0.5) is 24.7 Å². The molecule has 1 saturated carbocycles. The van der Waals surface area contributed by atoms with Crippen LogP contribution in [0.2, 0.25) is 5.02 Å². The molecule has 2 aromatic rings. The smallest absolute Gasteiger partial charge is 0.242 e. The van der Waals surface area contributed by atoms with Crippen molar-refractivity contribution in [2.75, 3.05) is 49.6 Å². The summed E-state index contributed by atoms with van der Waals surface area (Å²) < 4.78 is 45.2. The van der Waals surface area contributed by atoms with Gasteiger partial charge in [-0.25, -0.2) is 18.2 Å². The molecule has 1 aliphatic carbocycles. The number of amides is 1. The Bertz CT molecular complexity index is 1070. The fourth-order valence-corrected chi connectivity index (χ4v) is 5.16. The van der Waals surface area contributed by atoms with E-state index in [1.54, 1.807) is 12.3 Å². The van der Waals surface area contributed by atoms with Crippen LogP contribution in [0.1, 0.15) is 13.3 Å². The fourth-order valence-electron chi connectivity index (χ4n) is 4.86. The van der Waals surface area contributed by atoms with Gasteiger partial charge in [0.2, 0.25) is 12.3 Å².